The Hall–Kier alpha value is -2.08. The molecule has 0 spiro atoms. The van der Waals surface area contributed by atoms with Gasteiger partial charge in [-0.25, -0.2) is 4.79 Å². The first-order valence-corrected chi connectivity index (χ1v) is 5.00. The standard InChI is InChI=1S/C13H11NO2/c1-13(2)11(9-6-4-3-5-7-9)10(8-14)12(15)16-13/h3-7H,1-2H3. The molecule has 1 heterocycles. The second kappa shape index (κ2) is 3.49. The van der Waals surface area contributed by atoms with Crippen LogP contribution in [0.25, 0.3) is 5.57 Å². The summed E-state index contributed by atoms with van der Waals surface area (Å²) in [7, 11) is 0. The Morgan fingerprint density at radius 1 is 1.25 bits per heavy atom. The third-order valence-corrected chi connectivity index (χ3v) is 2.58. The lowest BCUT2D eigenvalue weighted by Gasteiger charge is -2.21. The van der Waals surface area contributed by atoms with E-state index in [0.29, 0.717) is 5.57 Å². The minimum atomic E-state index is -0.733. The van der Waals surface area contributed by atoms with E-state index >= 15 is 0 Å². The molecule has 16 heavy (non-hydrogen) atoms. The number of nitrogens with zero attached hydrogens (tertiary/aromatic N) is 1. The normalized spacial score (nSPS) is 18.2. The quantitative estimate of drug-likeness (QED) is 0.672. The van der Waals surface area contributed by atoms with Gasteiger partial charge in [-0.1, -0.05) is 30.3 Å². The first kappa shape index (κ1) is 10.4. The van der Waals surface area contributed by atoms with Crippen molar-refractivity contribution >= 4 is 11.5 Å². The minimum Gasteiger partial charge on any atom is -0.451 e. The molecule has 0 N–H and O–H groups in total. The highest BCUT2D eigenvalue weighted by Crippen LogP contribution is 2.38. The zero-order valence-electron chi connectivity index (χ0n) is 9.15. The van der Waals surface area contributed by atoms with Crippen molar-refractivity contribution in [3.05, 3.63) is 41.5 Å². The molecule has 0 bridgehead atoms. The van der Waals surface area contributed by atoms with Crippen LogP contribution < -0.4 is 0 Å². The highest BCUT2D eigenvalue weighted by atomic mass is 16.6. The van der Waals surface area contributed by atoms with Gasteiger partial charge in [0.2, 0.25) is 0 Å². The number of nitriles is 1. The van der Waals surface area contributed by atoms with Gasteiger partial charge in [0, 0.05) is 5.57 Å². The molecule has 0 fully saturated rings. The number of rotatable bonds is 1. The summed E-state index contributed by atoms with van der Waals surface area (Å²) in [6, 6.07) is 11.3. The summed E-state index contributed by atoms with van der Waals surface area (Å²) in [5.41, 5.74) is 0.899. The molecule has 0 saturated carbocycles. The van der Waals surface area contributed by atoms with Crippen LogP contribution in [0.15, 0.2) is 35.9 Å². The van der Waals surface area contributed by atoms with Crippen LogP contribution in [0, 0.1) is 11.3 Å². The highest BCUT2D eigenvalue weighted by molar-refractivity contribution is 6.07. The van der Waals surface area contributed by atoms with Crippen LogP contribution in [0.3, 0.4) is 0 Å². The summed E-state index contributed by atoms with van der Waals surface area (Å²) in [6.45, 7) is 3.58. The van der Waals surface area contributed by atoms with Gasteiger partial charge in [0.1, 0.15) is 17.2 Å². The highest BCUT2D eigenvalue weighted by Gasteiger charge is 2.41. The zero-order chi connectivity index (χ0) is 11.8. The van der Waals surface area contributed by atoms with Crippen LogP contribution in [-0.2, 0) is 9.53 Å². The SMILES string of the molecule is CC1(C)OC(=O)C(C#N)=C1c1ccccc1. The molecule has 0 radical (unpaired) electrons. The number of esters is 1. The summed E-state index contributed by atoms with van der Waals surface area (Å²) < 4.78 is 5.18. The van der Waals surface area contributed by atoms with Crippen molar-refractivity contribution in [2.24, 2.45) is 0 Å². The third kappa shape index (κ3) is 1.49. The average molecular weight is 213 g/mol. The van der Waals surface area contributed by atoms with Crippen molar-refractivity contribution in [2.75, 3.05) is 0 Å². The van der Waals surface area contributed by atoms with Crippen molar-refractivity contribution in [3.8, 4) is 6.07 Å². The van der Waals surface area contributed by atoms with Crippen LogP contribution in [0.2, 0.25) is 0 Å². The van der Waals surface area contributed by atoms with E-state index in [0.717, 1.165) is 5.56 Å². The second-order valence-corrected chi connectivity index (χ2v) is 4.13. The first-order valence-electron chi connectivity index (χ1n) is 5.00. The molecule has 1 aromatic carbocycles. The molecule has 0 aliphatic carbocycles. The molecular formula is C13H11NO2. The van der Waals surface area contributed by atoms with Crippen LogP contribution in [0.5, 0.6) is 0 Å². The largest absolute Gasteiger partial charge is 0.451 e. The number of carbonyl (C=O) groups excluding carboxylic acids is 1. The lowest BCUT2D eigenvalue weighted by Crippen LogP contribution is -2.22. The van der Waals surface area contributed by atoms with E-state index < -0.39 is 11.6 Å². The zero-order valence-corrected chi connectivity index (χ0v) is 9.15. The maximum absolute atomic E-state index is 11.5. The molecule has 0 saturated heterocycles. The van der Waals surface area contributed by atoms with Crippen molar-refractivity contribution in [2.45, 2.75) is 19.4 Å². The van der Waals surface area contributed by atoms with E-state index in [1.807, 2.05) is 36.4 Å². The van der Waals surface area contributed by atoms with Gasteiger partial charge < -0.3 is 4.74 Å². The fourth-order valence-corrected chi connectivity index (χ4v) is 1.94. The maximum atomic E-state index is 11.5. The molecule has 0 unspecified atom stereocenters. The smallest absolute Gasteiger partial charge is 0.350 e. The summed E-state index contributed by atoms with van der Waals surface area (Å²) in [5, 5.41) is 8.99. The predicted octanol–water partition coefficient (Wildman–Crippen LogP) is 2.30. The Morgan fingerprint density at radius 2 is 1.88 bits per heavy atom. The Labute approximate surface area is 94.0 Å². The van der Waals surface area contributed by atoms with Gasteiger partial charge in [0.25, 0.3) is 0 Å². The molecule has 2 rings (SSSR count). The fraction of sp³-hybridized carbons (Fsp3) is 0.231. The molecule has 3 nitrogen and oxygen atoms in total. The Kier molecular flexibility index (Phi) is 2.28. The van der Waals surface area contributed by atoms with Gasteiger partial charge in [0.05, 0.1) is 0 Å². The van der Waals surface area contributed by atoms with Crippen molar-refractivity contribution in [3.63, 3.8) is 0 Å². The number of hydrogen-bond acceptors (Lipinski definition) is 3. The van der Waals surface area contributed by atoms with Crippen molar-refractivity contribution in [1.29, 1.82) is 5.26 Å². The minimum absolute atomic E-state index is 0.108. The fourth-order valence-electron chi connectivity index (χ4n) is 1.94. The van der Waals surface area contributed by atoms with Gasteiger partial charge >= 0.3 is 5.97 Å². The number of benzene rings is 1. The lowest BCUT2D eigenvalue weighted by atomic mass is 9.90. The van der Waals surface area contributed by atoms with E-state index in [1.165, 1.54) is 0 Å². The Morgan fingerprint density at radius 3 is 2.44 bits per heavy atom. The average Bonchev–Trinajstić information content (AvgIpc) is 2.48. The van der Waals surface area contributed by atoms with Gasteiger partial charge in [-0.15, -0.1) is 0 Å². The van der Waals surface area contributed by atoms with Crippen LogP contribution in [-0.4, -0.2) is 11.6 Å². The lowest BCUT2D eigenvalue weighted by molar-refractivity contribution is -0.143. The molecule has 1 aliphatic rings. The second-order valence-electron chi connectivity index (χ2n) is 4.13. The third-order valence-electron chi connectivity index (χ3n) is 2.58. The number of carbonyl (C=O) groups is 1. The molecule has 3 heteroatoms. The summed E-state index contributed by atoms with van der Waals surface area (Å²) in [5.74, 6) is -0.536. The van der Waals surface area contributed by atoms with Gasteiger partial charge in [-0.2, -0.15) is 5.26 Å². The molecule has 0 atom stereocenters. The molecule has 0 aromatic heterocycles. The Bertz CT molecular complexity index is 506. The molecule has 1 aliphatic heterocycles. The van der Waals surface area contributed by atoms with E-state index in [9.17, 15) is 4.79 Å². The summed E-state index contributed by atoms with van der Waals surface area (Å²) in [6.07, 6.45) is 0. The van der Waals surface area contributed by atoms with Crippen LogP contribution in [0.1, 0.15) is 19.4 Å². The van der Waals surface area contributed by atoms with Crippen molar-refractivity contribution in [1.82, 2.24) is 0 Å². The van der Waals surface area contributed by atoms with E-state index in [2.05, 4.69) is 0 Å². The van der Waals surface area contributed by atoms with Gasteiger partial charge in [-0.05, 0) is 19.4 Å². The van der Waals surface area contributed by atoms with Gasteiger partial charge in [-0.3, -0.25) is 0 Å². The topological polar surface area (TPSA) is 50.1 Å². The predicted molar refractivity (Wildman–Crippen MR) is 59.1 cm³/mol. The van der Waals surface area contributed by atoms with Crippen molar-refractivity contribution < 1.29 is 9.53 Å². The molecular weight excluding hydrogens is 202 g/mol. The molecule has 0 amide bonds. The summed E-state index contributed by atoms with van der Waals surface area (Å²) >= 11 is 0. The molecule has 80 valence electrons. The van der Waals surface area contributed by atoms with E-state index in [4.69, 9.17) is 10.00 Å². The first-order chi connectivity index (χ1) is 7.56. The monoisotopic (exact) mass is 213 g/mol. The molecule has 1 aromatic rings. The van der Waals surface area contributed by atoms with Crippen LogP contribution >= 0.6 is 0 Å². The maximum Gasteiger partial charge on any atom is 0.350 e. The van der Waals surface area contributed by atoms with Gasteiger partial charge in [0.15, 0.2) is 0 Å². The van der Waals surface area contributed by atoms with E-state index in [1.54, 1.807) is 13.8 Å². The number of cyclic esters (lactones) is 1. The number of hydrogen-bond donors (Lipinski definition) is 0. The summed E-state index contributed by atoms with van der Waals surface area (Å²) in [4.78, 5) is 11.5. The van der Waals surface area contributed by atoms with Crippen LogP contribution in [0.4, 0.5) is 0 Å². The Balaban J connectivity index is 2.65. The number of ether oxygens (including phenoxy) is 1. The van der Waals surface area contributed by atoms with E-state index in [-0.39, 0.29) is 5.57 Å².